The van der Waals surface area contributed by atoms with Gasteiger partial charge in [-0.3, -0.25) is 9.59 Å². The maximum atomic E-state index is 12.9. The Bertz CT molecular complexity index is 813. The molecule has 0 spiro atoms. The van der Waals surface area contributed by atoms with Crippen LogP contribution in [0, 0.1) is 5.92 Å². The summed E-state index contributed by atoms with van der Waals surface area (Å²) in [6.07, 6.45) is 0.900. The van der Waals surface area contributed by atoms with Gasteiger partial charge in [-0.2, -0.15) is 4.31 Å². The molecular weight excluding hydrogens is 398 g/mol. The summed E-state index contributed by atoms with van der Waals surface area (Å²) in [6.45, 7) is 4.96. The molecule has 1 aromatic heterocycles. The molecular formula is C16H22ClN3O4S2. The van der Waals surface area contributed by atoms with Gasteiger partial charge in [-0.05, 0) is 38.8 Å². The van der Waals surface area contributed by atoms with E-state index in [4.69, 9.17) is 11.6 Å². The molecule has 2 fully saturated rings. The van der Waals surface area contributed by atoms with E-state index in [9.17, 15) is 18.0 Å². The minimum absolute atomic E-state index is 0.0685. The third-order valence-electron chi connectivity index (χ3n) is 5.06. The average molecular weight is 420 g/mol. The Hall–Kier alpha value is -1.16. The molecule has 26 heavy (non-hydrogen) atoms. The van der Waals surface area contributed by atoms with E-state index in [1.54, 1.807) is 24.8 Å². The van der Waals surface area contributed by atoms with Crippen LogP contribution < -0.4 is 5.32 Å². The molecule has 144 valence electrons. The predicted molar refractivity (Wildman–Crippen MR) is 99.6 cm³/mol. The Kier molecular flexibility index (Phi) is 5.35. The molecule has 10 heteroatoms. The second kappa shape index (κ2) is 7.10. The first-order chi connectivity index (χ1) is 12.1. The Labute approximate surface area is 162 Å². The van der Waals surface area contributed by atoms with Gasteiger partial charge in [-0.25, -0.2) is 8.42 Å². The van der Waals surface area contributed by atoms with Gasteiger partial charge in [0.15, 0.2) is 0 Å². The van der Waals surface area contributed by atoms with Gasteiger partial charge in [0, 0.05) is 32.1 Å². The van der Waals surface area contributed by atoms with Gasteiger partial charge in [-0.15, -0.1) is 11.3 Å². The van der Waals surface area contributed by atoms with Gasteiger partial charge in [-0.1, -0.05) is 11.6 Å². The van der Waals surface area contributed by atoms with Gasteiger partial charge in [0.05, 0.1) is 4.34 Å². The second-order valence-corrected chi connectivity index (χ2v) is 10.9. The van der Waals surface area contributed by atoms with Crippen molar-refractivity contribution in [1.29, 1.82) is 0 Å². The Morgan fingerprint density at radius 3 is 2.50 bits per heavy atom. The van der Waals surface area contributed by atoms with Crippen molar-refractivity contribution in [2.24, 2.45) is 5.92 Å². The number of piperidine rings is 1. The summed E-state index contributed by atoms with van der Waals surface area (Å²) in [5.41, 5.74) is -0.883. The smallest absolute Gasteiger partial charge is 0.252 e. The zero-order valence-corrected chi connectivity index (χ0v) is 17.1. The molecule has 3 heterocycles. The van der Waals surface area contributed by atoms with Gasteiger partial charge in [0.2, 0.25) is 11.8 Å². The molecule has 2 aliphatic rings. The Balaban J connectivity index is 1.67. The number of thiophene rings is 1. The molecule has 1 N–H and O–H groups in total. The first-order valence-corrected chi connectivity index (χ1v) is 11.1. The molecule has 2 saturated heterocycles. The summed E-state index contributed by atoms with van der Waals surface area (Å²) in [5, 5.41) is 2.78. The quantitative estimate of drug-likeness (QED) is 0.805. The number of halogens is 1. The molecule has 2 amide bonds. The third-order valence-corrected chi connectivity index (χ3v) is 8.66. The van der Waals surface area contributed by atoms with E-state index in [1.165, 1.54) is 10.4 Å². The van der Waals surface area contributed by atoms with Crippen molar-refractivity contribution < 1.29 is 18.0 Å². The molecule has 0 atom stereocenters. The van der Waals surface area contributed by atoms with Crippen LogP contribution in [0.25, 0.3) is 0 Å². The van der Waals surface area contributed by atoms with Crippen LogP contribution in [-0.4, -0.2) is 61.2 Å². The van der Waals surface area contributed by atoms with Crippen molar-refractivity contribution >= 4 is 44.8 Å². The maximum Gasteiger partial charge on any atom is 0.252 e. The summed E-state index contributed by atoms with van der Waals surface area (Å²) in [6, 6.07) is 3.08. The van der Waals surface area contributed by atoms with Crippen LogP contribution in [0.4, 0.5) is 0 Å². The predicted octanol–water partition coefficient (Wildman–Crippen LogP) is 1.54. The maximum absolute atomic E-state index is 12.9. The van der Waals surface area contributed by atoms with Crippen molar-refractivity contribution in [2.45, 2.75) is 36.4 Å². The summed E-state index contributed by atoms with van der Waals surface area (Å²) < 4.78 is 27.4. The molecule has 0 aliphatic carbocycles. The number of nitrogens with one attached hydrogen (secondary N) is 1. The Morgan fingerprint density at radius 1 is 1.27 bits per heavy atom. The molecule has 0 saturated carbocycles. The lowest BCUT2D eigenvalue weighted by atomic mass is 9.91. The van der Waals surface area contributed by atoms with Gasteiger partial charge < -0.3 is 10.2 Å². The molecule has 7 nitrogen and oxygen atoms in total. The van der Waals surface area contributed by atoms with Crippen LogP contribution in [0.3, 0.4) is 0 Å². The lowest BCUT2D eigenvalue weighted by molar-refractivity contribution is -0.152. The SMILES string of the molecule is CC1(C)C(=O)NCCN1C(=O)C1CCN(S(=O)(=O)c2ccc(Cl)s2)CC1. The van der Waals surface area contributed by atoms with Crippen molar-refractivity contribution in [3.63, 3.8) is 0 Å². The molecule has 0 aromatic carbocycles. The van der Waals surface area contributed by atoms with E-state index in [0.717, 1.165) is 11.3 Å². The number of amides is 2. The van der Waals surface area contributed by atoms with Crippen LogP contribution in [0.5, 0.6) is 0 Å². The number of piperazine rings is 1. The summed E-state index contributed by atoms with van der Waals surface area (Å²) in [7, 11) is -3.57. The first-order valence-electron chi connectivity index (χ1n) is 8.49. The van der Waals surface area contributed by atoms with Crippen LogP contribution in [-0.2, 0) is 19.6 Å². The van der Waals surface area contributed by atoms with E-state index in [0.29, 0.717) is 30.3 Å². The largest absolute Gasteiger partial charge is 0.352 e. The van der Waals surface area contributed by atoms with E-state index in [2.05, 4.69) is 5.32 Å². The highest BCUT2D eigenvalue weighted by Gasteiger charge is 2.43. The van der Waals surface area contributed by atoms with Gasteiger partial charge in [0.1, 0.15) is 9.75 Å². The molecule has 3 rings (SSSR count). The fourth-order valence-electron chi connectivity index (χ4n) is 3.41. The standard InChI is InChI=1S/C16H22ClN3O4S2/c1-16(2)15(22)18-7-10-20(16)14(21)11-5-8-19(9-6-11)26(23,24)13-4-3-12(17)25-13/h3-4,11H,5-10H2,1-2H3,(H,18,22). The molecule has 0 unspecified atom stereocenters. The average Bonchev–Trinajstić information content (AvgIpc) is 3.04. The number of rotatable bonds is 3. The summed E-state index contributed by atoms with van der Waals surface area (Å²) >= 11 is 6.88. The zero-order valence-electron chi connectivity index (χ0n) is 14.7. The summed E-state index contributed by atoms with van der Waals surface area (Å²) in [5.74, 6) is -0.494. The summed E-state index contributed by atoms with van der Waals surface area (Å²) in [4.78, 5) is 26.6. The van der Waals surface area contributed by atoms with Crippen LogP contribution in [0.1, 0.15) is 26.7 Å². The van der Waals surface area contributed by atoms with Crippen LogP contribution in [0.2, 0.25) is 4.34 Å². The fraction of sp³-hybridized carbons (Fsp3) is 0.625. The normalized spacial score (nSPS) is 22.3. The molecule has 2 aliphatic heterocycles. The van der Waals surface area contributed by atoms with Gasteiger partial charge >= 0.3 is 0 Å². The van der Waals surface area contributed by atoms with Crippen molar-refractivity contribution in [3.05, 3.63) is 16.5 Å². The van der Waals surface area contributed by atoms with Crippen LogP contribution in [0.15, 0.2) is 16.3 Å². The van der Waals surface area contributed by atoms with Crippen molar-refractivity contribution in [3.8, 4) is 0 Å². The highest BCUT2D eigenvalue weighted by molar-refractivity contribution is 7.91. The minimum Gasteiger partial charge on any atom is -0.352 e. The number of hydrogen-bond acceptors (Lipinski definition) is 5. The van der Waals surface area contributed by atoms with E-state index < -0.39 is 15.6 Å². The minimum atomic E-state index is -3.57. The topological polar surface area (TPSA) is 86.8 Å². The number of nitrogens with zero attached hydrogens (tertiary/aromatic N) is 2. The fourth-order valence-corrected chi connectivity index (χ4v) is 6.52. The van der Waals surface area contributed by atoms with E-state index in [1.807, 2.05) is 0 Å². The Morgan fingerprint density at radius 2 is 1.92 bits per heavy atom. The lowest BCUT2D eigenvalue weighted by Crippen LogP contribution is -2.64. The first kappa shape index (κ1) is 19.6. The van der Waals surface area contributed by atoms with E-state index in [-0.39, 0.29) is 35.0 Å². The monoisotopic (exact) mass is 419 g/mol. The van der Waals surface area contributed by atoms with Gasteiger partial charge in [0.25, 0.3) is 10.0 Å². The lowest BCUT2D eigenvalue weighted by Gasteiger charge is -2.43. The van der Waals surface area contributed by atoms with E-state index >= 15 is 0 Å². The number of hydrogen-bond donors (Lipinski definition) is 1. The third kappa shape index (κ3) is 3.49. The second-order valence-electron chi connectivity index (χ2n) is 7.04. The van der Waals surface area contributed by atoms with Crippen LogP contribution >= 0.6 is 22.9 Å². The van der Waals surface area contributed by atoms with Crippen molar-refractivity contribution in [1.82, 2.24) is 14.5 Å². The number of carbonyl (C=O) groups excluding carboxylic acids is 2. The number of carbonyl (C=O) groups is 2. The highest BCUT2D eigenvalue weighted by Crippen LogP contribution is 2.32. The zero-order chi connectivity index (χ0) is 19.1. The highest BCUT2D eigenvalue weighted by atomic mass is 35.5. The van der Waals surface area contributed by atoms with Crippen molar-refractivity contribution in [2.75, 3.05) is 26.2 Å². The molecule has 0 bridgehead atoms. The molecule has 1 aromatic rings. The number of sulfonamides is 1. The molecule has 0 radical (unpaired) electrons.